The van der Waals surface area contributed by atoms with E-state index in [1.54, 1.807) is 24.3 Å². The maximum absolute atomic E-state index is 12.2. The number of carbonyl (C=O) groups is 1. The first-order valence-electron chi connectivity index (χ1n) is 7.20. The molecule has 2 rings (SSSR count). The van der Waals surface area contributed by atoms with E-state index in [4.69, 9.17) is 4.74 Å². The summed E-state index contributed by atoms with van der Waals surface area (Å²) in [5.41, 5.74) is 6.24. The second-order valence-corrected chi connectivity index (χ2v) is 5.41. The van der Waals surface area contributed by atoms with Crippen LogP contribution in [0, 0.1) is 20.8 Å². The van der Waals surface area contributed by atoms with Crippen molar-refractivity contribution in [2.75, 3.05) is 7.11 Å². The average molecular weight is 312 g/mol. The van der Waals surface area contributed by atoms with Crippen LogP contribution in [-0.2, 0) is 0 Å². The zero-order valence-electron chi connectivity index (χ0n) is 13.7. The molecule has 0 heterocycles. The lowest BCUT2D eigenvalue weighted by atomic mass is 10.1. The second kappa shape index (κ2) is 6.96. The number of hydrogen-bond acceptors (Lipinski definition) is 4. The molecular weight excluding hydrogens is 292 g/mol. The predicted octanol–water partition coefficient (Wildman–Crippen LogP) is 3.09. The molecule has 23 heavy (non-hydrogen) atoms. The van der Waals surface area contributed by atoms with Gasteiger partial charge in [0.1, 0.15) is 11.5 Å². The predicted molar refractivity (Wildman–Crippen MR) is 90.4 cm³/mol. The topological polar surface area (TPSA) is 70.9 Å². The molecule has 0 aromatic heterocycles. The first kappa shape index (κ1) is 16.5. The van der Waals surface area contributed by atoms with E-state index in [1.807, 2.05) is 26.8 Å². The van der Waals surface area contributed by atoms with Crippen molar-refractivity contribution in [3.8, 4) is 11.5 Å². The number of methoxy groups -OCH3 is 1. The normalized spacial score (nSPS) is 10.8. The summed E-state index contributed by atoms with van der Waals surface area (Å²) in [6, 6.07) is 8.93. The number of phenolic OH excluding ortho intramolecular Hbond substituents is 1. The quantitative estimate of drug-likeness (QED) is 0.673. The smallest absolute Gasteiger partial charge is 0.275 e. The molecule has 2 aromatic carbocycles. The Kier molecular flexibility index (Phi) is 5.01. The molecular formula is C18H20N2O3. The number of carbonyl (C=O) groups excluding carboxylic acids is 1. The number of phenols is 1. The van der Waals surface area contributed by atoms with Crippen molar-refractivity contribution in [2.24, 2.45) is 5.10 Å². The summed E-state index contributed by atoms with van der Waals surface area (Å²) >= 11 is 0. The molecule has 0 unspecified atom stereocenters. The first-order chi connectivity index (χ1) is 10.9. The van der Waals surface area contributed by atoms with Gasteiger partial charge in [0.05, 0.1) is 18.9 Å². The van der Waals surface area contributed by atoms with Gasteiger partial charge in [0.15, 0.2) is 0 Å². The molecule has 1 amide bonds. The molecule has 0 atom stereocenters. The van der Waals surface area contributed by atoms with Crippen LogP contribution in [0.25, 0.3) is 0 Å². The molecule has 2 aromatic rings. The van der Waals surface area contributed by atoms with E-state index >= 15 is 0 Å². The van der Waals surface area contributed by atoms with Gasteiger partial charge in [-0.3, -0.25) is 4.79 Å². The molecule has 0 fully saturated rings. The highest BCUT2D eigenvalue weighted by Crippen LogP contribution is 2.22. The molecule has 0 saturated carbocycles. The SMILES string of the molecule is COc1cc(C)ccc1C(=O)NN=Cc1cc(C)c(O)c(C)c1. The van der Waals surface area contributed by atoms with Gasteiger partial charge in [0.25, 0.3) is 5.91 Å². The fourth-order valence-corrected chi connectivity index (χ4v) is 2.28. The maximum atomic E-state index is 12.2. The molecule has 0 saturated heterocycles. The van der Waals surface area contributed by atoms with E-state index in [9.17, 15) is 9.90 Å². The van der Waals surface area contributed by atoms with Crippen molar-refractivity contribution >= 4 is 12.1 Å². The van der Waals surface area contributed by atoms with E-state index in [2.05, 4.69) is 10.5 Å². The number of amides is 1. The lowest BCUT2D eigenvalue weighted by molar-refractivity contribution is 0.0952. The van der Waals surface area contributed by atoms with Crippen molar-refractivity contribution in [2.45, 2.75) is 20.8 Å². The third-order valence-electron chi connectivity index (χ3n) is 3.49. The number of aryl methyl sites for hydroxylation is 3. The largest absolute Gasteiger partial charge is 0.507 e. The third-order valence-corrected chi connectivity index (χ3v) is 3.49. The summed E-state index contributed by atoms with van der Waals surface area (Å²) in [6.07, 6.45) is 1.54. The Labute approximate surface area is 135 Å². The van der Waals surface area contributed by atoms with Gasteiger partial charge in [-0.25, -0.2) is 5.43 Å². The molecule has 0 aliphatic rings. The van der Waals surface area contributed by atoms with Gasteiger partial charge < -0.3 is 9.84 Å². The number of hydrazone groups is 1. The Hall–Kier alpha value is -2.82. The zero-order chi connectivity index (χ0) is 17.0. The highest BCUT2D eigenvalue weighted by atomic mass is 16.5. The Bertz CT molecular complexity index is 744. The summed E-state index contributed by atoms with van der Waals surface area (Å²) in [5.74, 6) is 0.440. The van der Waals surface area contributed by atoms with E-state index in [0.717, 1.165) is 22.3 Å². The molecule has 5 heteroatoms. The molecule has 5 nitrogen and oxygen atoms in total. The van der Waals surface area contributed by atoms with Gasteiger partial charge in [-0.1, -0.05) is 6.07 Å². The summed E-state index contributed by atoms with van der Waals surface area (Å²) in [4.78, 5) is 12.2. The Morgan fingerprint density at radius 2 is 1.83 bits per heavy atom. The Balaban J connectivity index is 2.13. The van der Waals surface area contributed by atoms with Crippen molar-refractivity contribution in [1.29, 1.82) is 0 Å². The second-order valence-electron chi connectivity index (χ2n) is 5.41. The Morgan fingerprint density at radius 3 is 2.43 bits per heavy atom. The van der Waals surface area contributed by atoms with E-state index in [0.29, 0.717) is 11.3 Å². The number of benzene rings is 2. The van der Waals surface area contributed by atoms with Crippen LogP contribution < -0.4 is 10.2 Å². The van der Waals surface area contributed by atoms with Gasteiger partial charge in [-0.2, -0.15) is 5.10 Å². The van der Waals surface area contributed by atoms with Gasteiger partial charge in [0.2, 0.25) is 0 Å². The minimum atomic E-state index is -0.342. The minimum Gasteiger partial charge on any atom is -0.507 e. The van der Waals surface area contributed by atoms with Crippen LogP contribution in [0.3, 0.4) is 0 Å². The van der Waals surface area contributed by atoms with Crippen LogP contribution in [-0.4, -0.2) is 24.3 Å². The lowest BCUT2D eigenvalue weighted by Gasteiger charge is -2.08. The highest BCUT2D eigenvalue weighted by Gasteiger charge is 2.11. The fourth-order valence-electron chi connectivity index (χ4n) is 2.28. The number of rotatable bonds is 4. The number of aromatic hydroxyl groups is 1. The van der Waals surface area contributed by atoms with Gasteiger partial charge in [0, 0.05) is 0 Å². The van der Waals surface area contributed by atoms with Crippen molar-refractivity contribution in [1.82, 2.24) is 5.43 Å². The minimum absolute atomic E-state index is 0.274. The highest BCUT2D eigenvalue weighted by molar-refractivity contribution is 5.97. The summed E-state index contributed by atoms with van der Waals surface area (Å²) in [6.45, 7) is 5.56. The van der Waals surface area contributed by atoms with Crippen LogP contribution >= 0.6 is 0 Å². The molecule has 0 aliphatic heterocycles. The van der Waals surface area contributed by atoms with Crippen molar-refractivity contribution in [3.63, 3.8) is 0 Å². The van der Waals surface area contributed by atoms with E-state index < -0.39 is 0 Å². The molecule has 2 N–H and O–H groups in total. The van der Waals surface area contributed by atoms with Crippen LogP contribution in [0.2, 0.25) is 0 Å². The van der Waals surface area contributed by atoms with Gasteiger partial charge in [-0.05, 0) is 67.3 Å². The van der Waals surface area contributed by atoms with Crippen LogP contribution in [0.1, 0.15) is 32.6 Å². The van der Waals surface area contributed by atoms with Crippen LogP contribution in [0.15, 0.2) is 35.4 Å². The van der Waals surface area contributed by atoms with E-state index in [-0.39, 0.29) is 11.7 Å². The summed E-state index contributed by atoms with van der Waals surface area (Å²) < 4.78 is 5.22. The Morgan fingerprint density at radius 1 is 1.17 bits per heavy atom. The molecule has 0 spiro atoms. The summed E-state index contributed by atoms with van der Waals surface area (Å²) in [5, 5.41) is 13.7. The van der Waals surface area contributed by atoms with Crippen molar-refractivity contribution < 1.29 is 14.6 Å². The zero-order valence-corrected chi connectivity index (χ0v) is 13.7. The van der Waals surface area contributed by atoms with Gasteiger partial charge in [-0.15, -0.1) is 0 Å². The average Bonchev–Trinajstić information content (AvgIpc) is 2.52. The lowest BCUT2D eigenvalue weighted by Crippen LogP contribution is -2.18. The summed E-state index contributed by atoms with van der Waals surface area (Å²) in [7, 11) is 1.52. The molecule has 0 radical (unpaired) electrons. The third kappa shape index (κ3) is 3.88. The van der Waals surface area contributed by atoms with E-state index in [1.165, 1.54) is 13.3 Å². The monoisotopic (exact) mass is 312 g/mol. The molecule has 0 bridgehead atoms. The van der Waals surface area contributed by atoms with Crippen molar-refractivity contribution in [3.05, 3.63) is 58.1 Å². The van der Waals surface area contributed by atoms with Gasteiger partial charge >= 0.3 is 0 Å². The molecule has 0 aliphatic carbocycles. The molecule has 120 valence electrons. The first-order valence-corrected chi connectivity index (χ1v) is 7.20. The number of hydrogen-bond donors (Lipinski definition) is 2. The van der Waals surface area contributed by atoms with Crippen LogP contribution in [0.4, 0.5) is 0 Å². The fraction of sp³-hybridized carbons (Fsp3) is 0.222. The number of ether oxygens (including phenoxy) is 1. The number of nitrogens with zero attached hydrogens (tertiary/aromatic N) is 1. The standard InChI is InChI=1S/C18H20N2O3/c1-11-5-6-15(16(7-11)23-4)18(22)20-19-10-14-8-12(2)17(21)13(3)9-14/h5-10,21H,1-4H3,(H,20,22). The number of nitrogens with one attached hydrogen (secondary N) is 1. The maximum Gasteiger partial charge on any atom is 0.275 e. The van der Waals surface area contributed by atoms with Crippen LogP contribution in [0.5, 0.6) is 11.5 Å².